The average Bonchev–Trinajstić information content (AvgIpc) is 2.74. The molecule has 0 radical (unpaired) electrons. The van der Waals surface area contributed by atoms with Crippen molar-refractivity contribution in [2.45, 2.75) is 57.5 Å². The lowest BCUT2D eigenvalue weighted by Gasteiger charge is -2.60. The molecule has 0 unspecified atom stereocenters. The standard InChI is InChI=1S/C23H33N5O2/c1-22-8-7-16(14-18(22)21(30)25-10-13-28-11-3-2-4-12-28)23(15-22)26-19-17(20(29)27-23)6-5-9-24-19/h5-6,9,16,18H,2-4,7-8,10-15H2,1H3,(H,24,26)(H,25,30)(H,27,29)/t16-,18-,22+,23+/m1/s1. The third-order valence-electron chi connectivity index (χ3n) is 8.03. The summed E-state index contributed by atoms with van der Waals surface area (Å²) in [5.74, 6) is 1.04. The van der Waals surface area contributed by atoms with Gasteiger partial charge in [0.1, 0.15) is 11.5 Å². The highest BCUT2D eigenvalue weighted by Gasteiger charge is 2.60. The second-order valence-electron chi connectivity index (χ2n) is 10.00. The second kappa shape index (κ2) is 7.52. The number of hydrogen-bond donors (Lipinski definition) is 3. The van der Waals surface area contributed by atoms with Gasteiger partial charge in [-0.05, 0) is 69.2 Å². The van der Waals surface area contributed by atoms with Crippen molar-refractivity contribution in [2.24, 2.45) is 17.3 Å². The Kier molecular flexibility index (Phi) is 4.96. The van der Waals surface area contributed by atoms with Gasteiger partial charge in [0.05, 0.1) is 5.56 Å². The van der Waals surface area contributed by atoms with Crippen molar-refractivity contribution >= 4 is 17.6 Å². The van der Waals surface area contributed by atoms with Crippen molar-refractivity contribution < 1.29 is 9.59 Å². The van der Waals surface area contributed by atoms with Crippen LogP contribution in [-0.2, 0) is 4.79 Å². The van der Waals surface area contributed by atoms with E-state index in [9.17, 15) is 9.59 Å². The number of pyridine rings is 1. The number of anilines is 1. The molecule has 6 rings (SSSR count). The minimum absolute atomic E-state index is 0.00654. The molecular formula is C23H33N5O2. The van der Waals surface area contributed by atoms with Gasteiger partial charge < -0.3 is 20.9 Å². The molecule has 3 aliphatic carbocycles. The fourth-order valence-corrected chi connectivity index (χ4v) is 6.37. The van der Waals surface area contributed by atoms with Gasteiger partial charge in [-0.15, -0.1) is 0 Å². The van der Waals surface area contributed by atoms with Crippen LogP contribution in [0, 0.1) is 17.3 Å². The van der Waals surface area contributed by atoms with Crippen molar-refractivity contribution in [3.63, 3.8) is 0 Å². The maximum Gasteiger partial charge on any atom is 0.256 e. The molecular weight excluding hydrogens is 378 g/mol. The lowest BCUT2D eigenvalue weighted by Crippen LogP contribution is -2.70. The monoisotopic (exact) mass is 411 g/mol. The summed E-state index contributed by atoms with van der Waals surface area (Å²) in [6.45, 7) is 6.21. The average molecular weight is 412 g/mol. The van der Waals surface area contributed by atoms with E-state index in [0.717, 1.165) is 51.9 Å². The van der Waals surface area contributed by atoms with Gasteiger partial charge in [-0.3, -0.25) is 9.59 Å². The van der Waals surface area contributed by atoms with Gasteiger partial charge in [-0.1, -0.05) is 13.3 Å². The van der Waals surface area contributed by atoms with Crippen LogP contribution in [0.25, 0.3) is 0 Å². The highest BCUT2D eigenvalue weighted by molar-refractivity contribution is 6.01. The smallest absolute Gasteiger partial charge is 0.256 e. The number of nitrogens with one attached hydrogen (secondary N) is 3. The van der Waals surface area contributed by atoms with E-state index < -0.39 is 5.66 Å². The van der Waals surface area contributed by atoms with E-state index >= 15 is 0 Å². The zero-order valence-electron chi connectivity index (χ0n) is 17.9. The molecule has 2 bridgehead atoms. The van der Waals surface area contributed by atoms with Crippen LogP contribution in [0.2, 0.25) is 0 Å². The normalized spacial score (nSPS) is 35.4. The number of carbonyl (C=O) groups excluding carboxylic acids is 2. The highest BCUT2D eigenvalue weighted by atomic mass is 16.2. The van der Waals surface area contributed by atoms with Crippen molar-refractivity contribution in [3.05, 3.63) is 23.9 Å². The second-order valence-corrected chi connectivity index (χ2v) is 10.00. The summed E-state index contributed by atoms with van der Waals surface area (Å²) in [5.41, 5.74) is -0.0197. The molecule has 162 valence electrons. The van der Waals surface area contributed by atoms with E-state index in [1.807, 2.05) is 0 Å². The first kappa shape index (κ1) is 19.8. The Morgan fingerprint density at radius 2 is 2.13 bits per heavy atom. The van der Waals surface area contributed by atoms with E-state index in [4.69, 9.17) is 0 Å². The number of rotatable bonds is 4. The summed E-state index contributed by atoms with van der Waals surface area (Å²) in [5, 5.41) is 10.1. The summed E-state index contributed by atoms with van der Waals surface area (Å²) >= 11 is 0. The van der Waals surface area contributed by atoms with Gasteiger partial charge >= 0.3 is 0 Å². The third kappa shape index (κ3) is 3.37. The number of amides is 2. The van der Waals surface area contributed by atoms with Crippen molar-refractivity contribution in [3.8, 4) is 0 Å². The van der Waals surface area contributed by atoms with Crippen molar-refractivity contribution in [1.82, 2.24) is 20.5 Å². The predicted octanol–water partition coefficient (Wildman–Crippen LogP) is 2.36. The van der Waals surface area contributed by atoms with Crippen LogP contribution in [0.3, 0.4) is 0 Å². The maximum atomic E-state index is 13.1. The lowest BCUT2D eigenvalue weighted by molar-refractivity contribution is -0.139. The molecule has 1 saturated heterocycles. The first-order valence-corrected chi connectivity index (χ1v) is 11.5. The first-order valence-electron chi connectivity index (χ1n) is 11.5. The molecule has 2 amide bonds. The quantitative estimate of drug-likeness (QED) is 0.708. The largest absolute Gasteiger partial charge is 0.355 e. The molecule has 7 nitrogen and oxygen atoms in total. The molecule has 7 heteroatoms. The van der Waals surface area contributed by atoms with Crippen LogP contribution < -0.4 is 16.0 Å². The topological polar surface area (TPSA) is 86.4 Å². The van der Waals surface area contributed by atoms with Gasteiger partial charge in [0.25, 0.3) is 5.91 Å². The molecule has 1 spiro atoms. The van der Waals surface area contributed by atoms with Gasteiger partial charge in [0, 0.05) is 31.1 Å². The number of aromatic nitrogens is 1. The lowest BCUT2D eigenvalue weighted by atomic mass is 9.51. The molecule has 3 N–H and O–H groups in total. The fraction of sp³-hybridized carbons (Fsp3) is 0.696. The molecule has 2 aliphatic heterocycles. The zero-order valence-corrected chi connectivity index (χ0v) is 17.9. The first-order chi connectivity index (χ1) is 14.5. The SMILES string of the molecule is C[C@@]12CC[C@H](C[C@@H]1C(=O)NCCN1CCCCC1)[C@]1(C2)NC(=O)c2cccnc2N1. The molecule has 1 aromatic heterocycles. The number of likely N-dealkylation sites (tertiary alicyclic amines) is 1. The van der Waals surface area contributed by atoms with E-state index in [0.29, 0.717) is 11.4 Å². The van der Waals surface area contributed by atoms with Crippen LogP contribution in [0.1, 0.15) is 62.2 Å². The van der Waals surface area contributed by atoms with E-state index in [2.05, 4.69) is 32.8 Å². The Morgan fingerprint density at radius 1 is 1.30 bits per heavy atom. The molecule has 4 atom stereocenters. The van der Waals surface area contributed by atoms with Gasteiger partial charge in [-0.2, -0.15) is 0 Å². The van der Waals surface area contributed by atoms with Crippen LogP contribution >= 0.6 is 0 Å². The zero-order chi connectivity index (χ0) is 20.8. The van der Waals surface area contributed by atoms with E-state index in [1.165, 1.54) is 19.3 Å². The minimum atomic E-state index is -0.490. The molecule has 5 aliphatic rings. The van der Waals surface area contributed by atoms with Gasteiger partial charge in [0.15, 0.2) is 0 Å². The molecule has 30 heavy (non-hydrogen) atoms. The molecule has 3 heterocycles. The predicted molar refractivity (Wildman–Crippen MR) is 115 cm³/mol. The maximum absolute atomic E-state index is 13.1. The Labute approximate surface area is 178 Å². The number of piperidine rings is 1. The Bertz CT molecular complexity index is 839. The number of nitrogens with zero attached hydrogens (tertiary/aromatic N) is 2. The Hall–Kier alpha value is -2.15. The molecule has 3 saturated carbocycles. The number of fused-ring (bicyclic) bond motifs is 3. The van der Waals surface area contributed by atoms with Crippen LogP contribution in [0.5, 0.6) is 0 Å². The Balaban J connectivity index is 1.26. The summed E-state index contributed by atoms with van der Waals surface area (Å²) in [4.78, 5) is 32.8. The molecule has 4 fully saturated rings. The van der Waals surface area contributed by atoms with Crippen LogP contribution in [0.4, 0.5) is 5.82 Å². The van der Waals surface area contributed by atoms with Crippen LogP contribution in [-0.4, -0.2) is 53.5 Å². The third-order valence-corrected chi connectivity index (χ3v) is 8.03. The van der Waals surface area contributed by atoms with Crippen molar-refractivity contribution in [2.75, 3.05) is 31.5 Å². The number of carbonyl (C=O) groups is 2. The fourth-order valence-electron chi connectivity index (χ4n) is 6.37. The van der Waals surface area contributed by atoms with Crippen molar-refractivity contribution in [1.29, 1.82) is 0 Å². The minimum Gasteiger partial charge on any atom is -0.355 e. The summed E-state index contributed by atoms with van der Waals surface area (Å²) < 4.78 is 0. The van der Waals surface area contributed by atoms with E-state index in [-0.39, 0.29) is 29.1 Å². The summed E-state index contributed by atoms with van der Waals surface area (Å²) in [6, 6.07) is 3.59. The summed E-state index contributed by atoms with van der Waals surface area (Å²) in [7, 11) is 0. The van der Waals surface area contributed by atoms with Crippen LogP contribution in [0.15, 0.2) is 18.3 Å². The summed E-state index contributed by atoms with van der Waals surface area (Å²) in [6.07, 6.45) is 9.21. The number of hydrogen-bond acceptors (Lipinski definition) is 5. The Morgan fingerprint density at radius 3 is 2.93 bits per heavy atom. The van der Waals surface area contributed by atoms with Gasteiger partial charge in [-0.25, -0.2) is 4.98 Å². The molecule has 0 aromatic carbocycles. The van der Waals surface area contributed by atoms with E-state index in [1.54, 1.807) is 18.3 Å². The van der Waals surface area contributed by atoms with Gasteiger partial charge in [0.2, 0.25) is 5.91 Å². The highest BCUT2D eigenvalue weighted by Crippen LogP contribution is 2.58. The molecule has 1 aromatic rings.